The number of amides is 9. The lowest BCUT2D eigenvalue weighted by molar-refractivity contribution is -0.135. The molecule has 1 aliphatic heterocycles. The Labute approximate surface area is 380 Å². The first-order valence-corrected chi connectivity index (χ1v) is 21.9. The van der Waals surface area contributed by atoms with E-state index in [1.807, 2.05) is 31.2 Å². The number of aromatic amines is 2. The van der Waals surface area contributed by atoms with Gasteiger partial charge in [-0.25, -0.2) is 4.98 Å². The Bertz CT molecular complexity index is 2340. The van der Waals surface area contributed by atoms with Crippen LogP contribution in [0.15, 0.2) is 73.3 Å². The molecule has 0 aliphatic carbocycles. The van der Waals surface area contributed by atoms with Crippen LogP contribution in [0.4, 0.5) is 0 Å². The minimum Gasteiger partial charge on any atom is -0.368 e. The fourth-order valence-electron chi connectivity index (χ4n) is 7.43. The Morgan fingerprint density at radius 1 is 0.803 bits per heavy atom. The third kappa shape index (κ3) is 15.0. The molecule has 2 aromatic heterocycles. The van der Waals surface area contributed by atoms with E-state index in [1.165, 1.54) is 19.4 Å². The van der Waals surface area contributed by atoms with Crippen LogP contribution in [-0.2, 0) is 62.4 Å². The van der Waals surface area contributed by atoms with Crippen LogP contribution >= 0.6 is 0 Å². The number of rotatable bonds is 15. The summed E-state index contributed by atoms with van der Waals surface area (Å²) in [5, 5.41) is 21.8. The lowest BCUT2D eigenvalue weighted by Crippen LogP contribution is -2.59. The lowest BCUT2D eigenvalue weighted by Gasteiger charge is -2.26. The molecule has 2 aromatic carbocycles. The second kappa shape index (κ2) is 24.5. The molecule has 66 heavy (non-hydrogen) atoms. The molecule has 0 spiro atoms. The number of nitrogens with two attached hydrogens (primary N) is 1. The highest BCUT2D eigenvalue weighted by atomic mass is 16.2. The van der Waals surface area contributed by atoms with Crippen LogP contribution in [0.25, 0.3) is 10.9 Å². The molecule has 3 heterocycles. The van der Waals surface area contributed by atoms with Crippen molar-refractivity contribution >= 4 is 64.1 Å². The molecule has 5 rings (SSSR count). The number of hydrogen-bond donors (Lipinski definition) is 11. The van der Waals surface area contributed by atoms with Gasteiger partial charge < -0.3 is 58.2 Å². The van der Waals surface area contributed by atoms with Crippen molar-refractivity contribution in [2.45, 2.75) is 108 Å². The first-order valence-electron chi connectivity index (χ1n) is 21.9. The Kier molecular flexibility index (Phi) is 18.3. The Balaban J connectivity index is 1.43. The van der Waals surface area contributed by atoms with Gasteiger partial charge in [-0.05, 0) is 36.5 Å². The van der Waals surface area contributed by atoms with Crippen molar-refractivity contribution in [3.63, 3.8) is 0 Å². The zero-order chi connectivity index (χ0) is 47.6. The maximum Gasteiger partial charge on any atom is 0.243 e. The SMILES string of the molecule is CCCC[C@H](NC(C)=O)C(=O)NC1CCC(=O)NCCC(C(=O)N[C@@H](Cc2c[nH]c3ccccc23)C(N)=O)NC(=O)CNC(=O)[C@H](Cc2ccccc2)NC(=O)[C@H](Cc2c[nH]cn2)NC1=O. The van der Waals surface area contributed by atoms with Crippen LogP contribution in [0.2, 0.25) is 0 Å². The Morgan fingerprint density at radius 3 is 2.24 bits per heavy atom. The maximum atomic E-state index is 14.2. The van der Waals surface area contributed by atoms with E-state index in [2.05, 4.69) is 57.5 Å². The molecule has 9 amide bonds. The number of fused-ring (bicyclic) bond motifs is 1. The van der Waals surface area contributed by atoms with Crippen molar-refractivity contribution in [2.75, 3.05) is 13.1 Å². The van der Waals surface area contributed by atoms with Gasteiger partial charge in [0, 0.05) is 62.4 Å². The van der Waals surface area contributed by atoms with Crippen molar-refractivity contribution in [3.05, 3.63) is 90.1 Å². The van der Waals surface area contributed by atoms with Crippen molar-refractivity contribution in [1.82, 2.24) is 57.5 Å². The monoisotopic (exact) mass is 910 g/mol. The highest BCUT2D eigenvalue weighted by Gasteiger charge is 2.33. The van der Waals surface area contributed by atoms with Crippen LogP contribution in [0.3, 0.4) is 0 Å². The lowest BCUT2D eigenvalue weighted by atomic mass is 10.0. The second-order valence-electron chi connectivity index (χ2n) is 16.1. The number of para-hydroxylation sites is 1. The first-order chi connectivity index (χ1) is 31.7. The summed E-state index contributed by atoms with van der Waals surface area (Å²) in [5.74, 6) is -6.60. The molecule has 12 N–H and O–H groups in total. The number of nitrogens with zero attached hydrogens (tertiary/aromatic N) is 1. The van der Waals surface area contributed by atoms with Crippen LogP contribution in [0.5, 0.6) is 0 Å². The van der Waals surface area contributed by atoms with E-state index in [0.717, 1.165) is 10.9 Å². The fourth-order valence-corrected chi connectivity index (χ4v) is 7.43. The second-order valence-corrected chi connectivity index (χ2v) is 16.1. The molecule has 0 radical (unpaired) electrons. The highest BCUT2D eigenvalue weighted by Crippen LogP contribution is 2.19. The third-order valence-corrected chi connectivity index (χ3v) is 10.9. The number of nitrogens with one attached hydrogen (secondary N) is 10. The van der Waals surface area contributed by atoms with Gasteiger partial charge in [-0.2, -0.15) is 0 Å². The van der Waals surface area contributed by atoms with Gasteiger partial charge in [0.2, 0.25) is 53.2 Å². The predicted molar refractivity (Wildman–Crippen MR) is 240 cm³/mol. The number of primary amides is 1. The minimum atomic E-state index is -1.40. The average molecular weight is 911 g/mol. The van der Waals surface area contributed by atoms with Crippen LogP contribution in [0.1, 0.15) is 69.2 Å². The molecule has 1 saturated heterocycles. The summed E-state index contributed by atoms with van der Waals surface area (Å²) in [6, 6.07) is 8.48. The van der Waals surface area contributed by atoms with Gasteiger partial charge in [0.1, 0.15) is 36.3 Å². The fraction of sp³-hybridized carbons (Fsp3) is 0.422. The topological polar surface area (TPSA) is 320 Å². The largest absolute Gasteiger partial charge is 0.368 e. The zero-order valence-electron chi connectivity index (χ0n) is 36.9. The summed E-state index contributed by atoms with van der Waals surface area (Å²) in [6.45, 7) is 2.35. The van der Waals surface area contributed by atoms with Crippen molar-refractivity contribution in [2.24, 2.45) is 5.73 Å². The van der Waals surface area contributed by atoms with Gasteiger partial charge in [-0.15, -0.1) is 0 Å². The standard InChI is InChI=1S/C45H58N12O9/c1-3-4-13-32(52-26(2)58)42(63)54-33-15-16-38(59)48-18-17-34(44(65)55-35(40(46)61)20-28-22-49-31-14-9-8-12-30(28)31)53-39(60)24-50-41(62)36(19-27-10-6-5-7-11-27)56-45(66)37(57-43(33)64)21-29-23-47-25-51-29/h5-12,14,22-23,25,32-37,49H,3-4,13,15-21,24H2,1-2H3,(H2,46,61)(H,47,51)(H,48,59)(H,50,62)(H,52,58)(H,53,60)(H,54,63)(H,55,65)(H,56,66)(H,57,64)/t32-,33?,34?,35-,36-,37-/m0/s1. The first kappa shape index (κ1) is 49.4. The molecule has 1 fully saturated rings. The summed E-state index contributed by atoms with van der Waals surface area (Å²) >= 11 is 0. The van der Waals surface area contributed by atoms with E-state index < -0.39 is 96.0 Å². The summed E-state index contributed by atoms with van der Waals surface area (Å²) in [7, 11) is 0. The van der Waals surface area contributed by atoms with Crippen LogP contribution in [0, 0.1) is 0 Å². The summed E-state index contributed by atoms with van der Waals surface area (Å²) in [5.41, 5.74) is 8.27. The summed E-state index contributed by atoms with van der Waals surface area (Å²) in [4.78, 5) is 131. The van der Waals surface area contributed by atoms with E-state index in [1.54, 1.807) is 36.5 Å². The van der Waals surface area contributed by atoms with Gasteiger partial charge in [-0.3, -0.25) is 43.2 Å². The highest BCUT2D eigenvalue weighted by molar-refractivity contribution is 5.97. The Hall–Kier alpha value is -7.58. The molecular weight excluding hydrogens is 853 g/mol. The summed E-state index contributed by atoms with van der Waals surface area (Å²) in [6.07, 6.45) is 5.19. The number of carbonyl (C=O) groups is 9. The molecule has 1 aliphatic rings. The molecule has 4 aromatic rings. The van der Waals surface area contributed by atoms with E-state index in [4.69, 9.17) is 5.73 Å². The molecule has 352 valence electrons. The van der Waals surface area contributed by atoms with Crippen LogP contribution < -0.4 is 48.3 Å². The van der Waals surface area contributed by atoms with E-state index >= 15 is 0 Å². The summed E-state index contributed by atoms with van der Waals surface area (Å²) < 4.78 is 0. The molecule has 6 atom stereocenters. The number of imidazole rings is 1. The smallest absolute Gasteiger partial charge is 0.243 e. The van der Waals surface area contributed by atoms with E-state index in [0.29, 0.717) is 29.7 Å². The normalized spacial score (nSPS) is 20.1. The predicted octanol–water partition coefficient (Wildman–Crippen LogP) is -1.06. The van der Waals surface area contributed by atoms with Gasteiger partial charge in [0.15, 0.2) is 0 Å². The number of unbranched alkanes of at least 4 members (excludes halogenated alkanes) is 1. The molecule has 0 bridgehead atoms. The molecular formula is C45H58N12O9. The number of benzene rings is 2. The number of hydrogen-bond acceptors (Lipinski definition) is 10. The maximum absolute atomic E-state index is 14.2. The van der Waals surface area contributed by atoms with Gasteiger partial charge in [-0.1, -0.05) is 68.3 Å². The average Bonchev–Trinajstić information content (AvgIpc) is 3.97. The third-order valence-electron chi connectivity index (χ3n) is 10.9. The zero-order valence-corrected chi connectivity index (χ0v) is 36.9. The van der Waals surface area contributed by atoms with Gasteiger partial charge in [0.05, 0.1) is 18.6 Å². The number of H-pyrrole nitrogens is 2. The molecule has 2 unspecified atom stereocenters. The Morgan fingerprint density at radius 2 is 1.53 bits per heavy atom. The van der Waals surface area contributed by atoms with Crippen molar-refractivity contribution in [1.29, 1.82) is 0 Å². The quantitative estimate of drug-likeness (QED) is 0.0687. The number of aromatic nitrogens is 3. The van der Waals surface area contributed by atoms with E-state index in [9.17, 15) is 43.2 Å². The molecule has 21 nitrogen and oxygen atoms in total. The van der Waals surface area contributed by atoms with Crippen LogP contribution in [-0.4, -0.2) is 117 Å². The number of carbonyl (C=O) groups excluding carboxylic acids is 9. The van der Waals surface area contributed by atoms with Crippen molar-refractivity contribution in [3.8, 4) is 0 Å². The minimum absolute atomic E-state index is 0.0189. The molecule has 0 saturated carbocycles. The molecule has 21 heteroatoms. The van der Waals surface area contributed by atoms with Gasteiger partial charge in [0.25, 0.3) is 0 Å². The van der Waals surface area contributed by atoms with E-state index in [-0.39, 0.29) is 51.5 Å². The van der Waals surface area contributed by atoms with Gasteiger partial charge >= 0.3 is 0 Å². The van der Waals surface area contributed by atoms with Crippen molar-refractivity contribution < 1.29 is 43.2 Å².